The highest BCUT2D eigenvalue weighted by Crippen LogP contribution is 2.25. The molecule has 2 aromatic carbocycles. The Morgan fingerprint density at radius 2 is 1.88 bits per heavy atom. The van der Waals surface area contributed by atoms with Crippen LogP contribution in [0.25, 0.3) is 22.4 Å². The molecule has 0 aliphatic rings. The summed E-state index contributed by atoms with van der Waals surface area (Å²) in [5.41, 5.74) is 3.96. The van der Waals surface area contributed by atoms with Crippen molar-refractivity contribution in [3.8, 4) is 17.0 Å². The molecule has 3 heterocycles. The van der Waals surface area contributed by atoms with Gasteiger partial charge < -0.3 is 10.1 Å². The van der Waals surface area contributed by atoms with E-state index in [1.165, 1.54) is 11.8 Å². The Balaban J connectivity index is 1.34. The molecule has 32 heavy (non-hydrogen) atoms. The molecule has 0 saturated carbocycles. The molecule has 8 nitrogen and oxygen atoms in total. The fourth-order valence-electron chi connectivity index (χ4n) is 3.25. The minimum Gasteiger partial charge on any atom is -0.497 e. The number of fused-ring (bicyclic) bond motifs is 3. The molecule has 1 N–H and O–H groups in total. The first-order chi connectivity index (χ1) is 15.6. The maximum Gasteiger partial charge on any atom is 0.234 e. The Kier molecular flexibility index (Phi) is 5.42. The summed E-state index contributed by atoms with van der Waals surface area (Å²) in [6, 6.07) is 16.6. The monoisotopic (exact) mass is 464 g/mol. The van der Waals surface area contributed by atoms with Gasteiger partial charge in [0, 0.05) is 28.7 Å². The molecule has 0 aliphatic carbocycles. The van der Waals surface area contributed by atoms with E-state index in [-0.39, 0.29) is 11.7 Å². The van der Waals surface area contributed by atoms with Crippen molar-refractivity contribution in [3.05, 3.63) is 72.0 Å². The minimum absolute atomic E-state index is 0.132. The summed E-state index contributed by atoms with van der Waals surface area (Å²) in [5.74, 6) is 0.804. The Labute approximate surface area is 192 Å². The van der Waals surface area contributed by atoms with Gasteiger partial charge >= 0.3 is 0 Å². The van der Waals surface area contributed by atoms with Crippen LogP contribution < -0.4 is 10.1 Å². The van der Waals surface area contributed by atoms with Crippen LogP contribution in [0.15, 0.2) is 72.1 Å². The molecule has 5 rings (SSSR count). The van der Waals surface area contributed by atoms with E-state index in [2.05, 4.69) is 20.6 Å². The van der Waals surface area contributed by atoms with E-state index < -0.39 is 0 Å². The summed E-state index contributed by atoms with van der Waals surface area (Å²) < 4.78 is 8.74. The fourth-order valence-corrected chi connectivity index (χ4v) is 4.10. The highest BCUT2D eigenvalue weighted by molar-refractivity contribution is 7.99. The molecule has 0 bridgehead atoms. The number of hydrogen-bond acceptors (Lipinski definition) is 6. The van der Waals surface area contributed by atoms with Gasteiger partial charge in [-0.1, -0.05) is 35.5 Å². The van der Waals surface area contributed by atoms with Gasteiger partial charge in [-0.15, -0.1) is 10.2 Å². The number of halogens is 1. The van der Waals surface area contributed by atoms with Crippen molar-refractivity contribution in [3.63, 3.8) is 0 Å². The Morgan fingerprint density at radius 3 is 2.62 bits per heavy atom. The second kappa shape index (κ2) is 8.52. The maximum absolute atomic E-state index is 12.4. The molecule has 5 aromatic rings. The van der Waals surface area contributed by atoms with Crippen molar-refractivity contribution in [1.82, 2.24) is 24.2 Å². The number of anilines is 1. The number of nitrogens with one attached hydrogen (secondary N) is 1. The zero-order chi connectivity index (χ0) is 22.1. The number of hydrogen-bond donors (Lipinski definition) is 1. The van der Waals surface area contributed by atoms with E-state index in [0.29, 0.717) is 21.5 Å². The molecular formula is C22H17ClN6O2S. The largest absolute Gasteiger partial charge is 0.497 e. The van der Waals surface area contributed by atoms with Crippen molar-refractivity contribution < 1.29 is 9.53 Å². The zero-order valence-corrected chi connectivity index (χ0v) is 18.5. The van der Waals surface area contributed by atoms with Gasteiger partial charge in [0.2, 0.25) is 5.91 Å². The molecule has 1 amide bonds. The van der Waals surface area contributed by atoms with Crippen molar-refractivity contribution >= 4 is 46.1 Å². The molecule has 3 aromatic heterocycles. The second-order valence-corrected chi connectivity index (χ2v) is 8.28. The van der Waals surface area contributed by atoms with Crippen molar-refractivity contribution in [2.24, 2.45) is 0 Å². The molecule has 10 heteroatoms. The van der Waals surface area contributed by atoms with Gasteiger partial charge in [0.15, 0.2) is 10.8 Å². The predicted molar refractivity (Wildman–Crippen MR) is 125 cm³/mol. The maximum atomic E-state index is 12.4. The van der Waals surface area contributed by atoms with Gasteiger partial charge in [0.1, 0.15) is 11.3 Å². The molecule has 160 valence electrons. The van der Waals surface area contributed by atoms with E-state index in [0.717, 1.165) is 22.5 Å². The van der Waals surface area contributed by atoms with Crippen LogP contribution in [0, 0.1) is 0 Å². The number of nitrogens with zero attached hydrogens (tertiary/aromatic N) is 5. The Morgan fingerprint density at radius 1 is 1.09 bits per heavy atom. The van der Waals surface area contributed by atoms with E-state index in [9.17, 15) is 4.79 Å². The van der Waals surface area contributed by atoms with E-state index in [1.54, 1.807) is 35.9 Å². The van der Waals surface area contributed by atoms with Crippen molar-refractivity contribution in [2.75, 3.05) is 18.2 Å². The lowest BCUT2D eigenvalue weighted by Gasteiger charge is -2.06. The lowest BCUT2D eigenvalue weighted by molar-refractivity contribution is -0.113. The molecule has 0 saturated heterocycles. The van der Waals surface area contributed by atoms with Crippen LogP contribution in [-0.4, -0.2) is 43.0 Å². The van der Waals surface area contributed by atoms with Gasteiger partial charge in [0.25, 0.3) is 0 Å². The fraction of sp³-hybridized carbons (Fsp3) is 0.0909. The summed E-state index contributed by atoms with van der Waals surface area (Å²) in [6.45, 7) is 0. The number of amides is 1. The highest BCUT2D eigenvalue weighted by atomic mass is 35.5. The SMILES string of the molecule is COc1ccc(NC(=O)CSc2nnc3c4cc(-c5ccc(Cl)cc5)nn4ccn23)cc1. The van der Waals surface area contributed by atoms with Gasteiger partial charge in [0.05, 0.1) is 18.6 Å². The van der Waals surface area contributed by atoms with E-state index >= 15 is 0 Å². The first-order valence-electron chi connectivity index (χ1n) is 9.66. The number of methoxy groups -OCH3 is 1. The summed E-state index contributed by atoms with van der Waals surface area (Å²) in [4.78, 5) is 12.4. The second-order valence-electron chi connectivity index (χ2n) is 6.91. The standard InChI is InChI=1S/C22H17ClN6O2S/c1-31-17-8-6-16(7-9-17)24-20(30)13-32-22-26-25-21-19-12-18(14-2-4-15(23)5-3-14)27-29(19)11-10-28(21)22/h2-12H,13H2,1H3,(H,24,30). The molecule has 0 spiro atoms. The first-order valence-corrected chi connectivity index (χ1v) is 11.0. The molecule has 0 aliphatic heterocycles. The van der Waals surface area contributed by atoms with Crippen LogP contribution in [0.5, 0.6) is 5.75 Å². The van der Waals surface area contributed by atoms with Crippen LogP contribution in [0.3, 0.4) is 0 Å². The summed E-state index contributed by atoms with van der Waals surface area (Å²) >= 11 is 7.30. The predicted octanol–water partition coefficient (Wildman–Crippen LogP) is 4.44. The lowest BCUT2D eigenvalue weighted by Crippen LogP contribution is -2.14. The van der Waals surface area contributed by atoms with Crippen LogP contribution >= 0.6 is 23.4 Å². The van der Waals surface area contributed by atoms with Gasteiger partial charge in [-0.05, 0) is 42.5 Å². The summed E-state index contributed by atoms with van der Waals surface area (Å²) in [5, 5.41) is 17.4. The minimum atomic E-state index is -0.132. The van der Waals surface area contributed by atoms with Crippen LogP contribution in [0.4, 0.5) is 5.69 Å². The zero-order valence-electron chi connectivity index (χ0n) is 16.9. The van der Waals surface area contributed by atoms with E-state index in [1.807, 2.05) is 47.1 Å². The van der Waals surface area contributed by atoms with E-state index in [4.69, 9.17) is 16.3 Å². The third-order valence-corrected chi connectivity index (χ3v) is 6.03. The Hall–Kier alpha value is -3.56. The van der Waals surface area contributed by atoms with Crippen LogP contribution in [0.2, 0.25) is 5.02 Å². The van der Waals surface area contributed by atoms with Gasteiger partial charge in [-0.3, -0.25) is 9.20 Å². The lowest BCUT2D eigenvalue weighted by atomic mass is 10.1. The molecule has 0 radical (unpaired) electrons. The normalized spacial score (nSPS) is 11.2. The smallest absolute Gasteiger partial charge is 0.234 e. The number of benzene rings is 2. The number of carbonyl (C=O) groups is 1. The summed E-state index contributed by atoms with van der Waals surface area (Å²) in [6.07, 6.45) is 3.68. The first kappa shape index (κ1) is 20.3. The number of thioether (sulfide) groups is 1. The number of ether oxygens (including phenoxy) is 1. The van der Waals surface area contributed by atoms with Gasteiger partial charge in [-0.25, -0.2) is 4.52 Å². The van der Waals surface area contributed by atoms with Crippen molar-refractivity contribution in [1.29, 1.82) is 0 Å². The third-order valence-electron chi connectivity index (χ3n) is 4.83. The molecule has 0 atom stereocenters. The van der Waals surface area contributed by atoms with Crippen LogP contribution in [0.1, 0.15) is 0 Å². The quantitative estimate of drug-likeness (QED) is 0.374. The molecular weight excluding hydrogens is 448 g/mol. The molecule has 0 unspecified atom stereocenters. The topological polar surface area (TPSA) is 85.8 Å². The average Bonchev–Trinajstić information content (AvgIpc) is 3.42. The Bertz CT molecular complexity index is 1410. The van der Waals surface area contributed by atoms with Gasteiger partial charge in [-0.2, -0.15) is 5.10 Å². The highest BCUT2D eigenvalue weighted by Gasteiger charge is 2.14. The third kappa shape index (κ3) is 4.00. The number of carbonyl (C=O) groups excluding carboxylic acids is 1. The van der Waals surface area contributed by atoms with Crippen molar-refractivity contribution in [2.45, 2.75) is 5.16 Å². The number of aromatic nitrogens is 5. The average molecular weight is 465 g/mol. The number of rotatable bonds is 6. The molecule has 0 fully saturated rings. The summed E-state index contributed by atoms with van der Waals surface area (Å²) in [7, 11) is 1.60. The van der Waals surface area contributed by atoms with Crippen LogP contribution in [-0.2, 0) is 4.79 Å².